The van der Waals surface area contributed by atoms with Crippen LogP contribution in [0.5, 0.6) is 0 Å². The molecule has 0 aliphatic heterocycles. The third kappa shape index (κ3) is 3.65. The van der Waals surface area contributed by atoms with E-state index in [0.717, 1.165) is 60.9 Å². The second-order valence-electron chi connectivity index (χ2n) is 12.0. The Labute approximate surface area is 179 Å². The highest BCUT2D eigenvalue weighted by atomic mass is 16.1. The van der Waals surface area contributed by atoms with Crippen LogP contribution in [0.15, 0.2) is 0 Å². The maximum Gasteiger partial charge on any atom is 0.130 e. The van der Waals surface area contributed by atoms with E-state index in [1.807, 2.05) is 0 Å². The lowest BCUT2D eigenvalue weighted by Gasteiger charge is -2.61. The van der Waals surface area contributed by atoms with Crippen molar-refractivity contribution in [3.63, 3.8) is 0 Å². The predicted octanol–water partition coefficient (Wildman–Crippen LogP) is 6.86. The Morgan fingerprint density at radius 2 is 1.59 bits per heavy atom. The van der Waals surface area contributed by atoms with E-state index in [-0.39, 0.29) is 5.92 Å². The lowest BCUT2D eigenvalue weighted by molar-refractivity contribution is -0.119. The molecule has 164 valence electrons. The molecule has 29 heavy (non-hydrogen) atoms. The maximum absolute atomic E-state index is 10.9. The molecule has 0 heterocycles. The van der Waals surface area contributed by atoms with Gasteiger partial charge in [-0.1, -0.05) is 46.5 Å². The van der Waals surface area contributed by atoms with Crippen LogP contribution in [0.2, 0.25) is 0 Å². The average Bonchev–Trinajstić information content (AvgIpc) is 3.08. The van der Waals surface area contributed by atoms with Crippen LogP contribution in [0, 0.1) is 52.3 Å². The minimum atomic E-state index is -0.379. The SMILES string of the molecule is C[C@H](CCCC(C=O)C=O)[C@H]1CC[C@H]2[C@@H]3CCC4CCCC[C@]4(C)[C@H]3CC[C@]12C. The van der Waals surface area contributed by atoms with Crippen molar-refractivity contribution >= 4 is 12.6 Å². The molecule has 4 aliphatic carbocycles. The first kappa shape index (κ1) is 21.6. The van der Waals surface area contributed by atoms with E-state index in [1.165, 1.54) is 70.6 Å². The van der Waals surface area contributed by atoms with E-state index >= 15 is 0 Å². The fraction of sp³-hybridized carbons (Fsp3) is 0.926. The van der Waals surface area contributed by atoms with Gasteiger partial charge in [0.1, 0.15) is 12.6 Å². The van der Waals surface area contributed by atoms with Gasteiger partial charge in [0, 0.05) is 0 Å². The van der Waals surface area contributed by atoms with E-state index in [1.54, 1.807) is 0 Å². The Kier molecular flexibility index (Phi) is 6.29. The van der Waals surface area contributed by atoms with Crippen molar-refractivity contribution in [1.29, 1.82) is 0 Å². The van der Waals surface area contributed by atoms with Crippen LogP contribution < -0.4 is 0 Å². The first-order valence-electron chi connectivity index (χ1n) is 12.8. The van der Waals surface area contributed by atoms with Gasteiger partial charge in [-0.3, -0.25) is 0 Å². The molecule has 4 aliphatic rings. The molecule has 0 aromatic rings. The molecule has 0 radical (unpaired) electrons. The lowest BCUT2D eigenvalue weighted by atomic mass is 9.44. The standard InChI is InChI=1S/C27H44O2/c1-19(7-6-8-20(17-28)18-29)23-12-13-24-22-11-10-21-9-4-5-15-26(21,2)25(22)14-16-27(23,24)3/h17-25H,4-16H2,1-3H3/t19-,21?,22+,23-,24+,25+,26+,27-/m1/s1. The zero-order valence-electron chi connectivity index (χ0n) is 19.2. The van der Waals surface area contributed by atoms with Crippen molar-refractivity contribution in [3.8, 4) is 0 Å². The number of rotatable bonds is 7. The van der Waals surface area contributed by atoms with Crippen molar-refractivity contribution in [2.45, 2.75) is 104 Å². The number of fused-ring (bicyclic) bond motifs is 5. The summed E-state index contributed by atoms with van der Waals surface area (Å²) in [6.07, 6.45) is 19.4. The van der Waals surface area contributed by atoms with Gasteiger partial charge in [-0.05, 0) is 104 Å². The monoisotopic (exact) mass is 400 g/mol. The van der Waals surface area contributed by atoms with Gasteiger partial charge in [0.25, 0.3) is 0 Å². The van der Waals surface area contributed by atoms with Gasteiger partial charge < -0.3 is 9.59 Å². The second-order valence-corrected chi connectivity index (χ2v) is 12.0. The molecule has 1 unspecified atom stereocenters. The quantitative estimate of drug-likeness (QED) is 0.346. The third-order valence-corrected chi connectivity index (χ3v) is 10.9. The zero-order chi connectivity index (χ0) is 20.6. The Morgan fingerprint density at radius 3 is 2.34 bits per heavy atom. The molecular formula is C27H44O2. The summed E-state index contributed by atoms with van der Waals surface area (Å²) in [7, 11) is 0. The van der Waals surface area contributed by atoms with Gasteiger partial charge in [-0.15, -0.1) is 0 Å². The van der Waals surface area contributed by atoms with Gasteiger partial charge in [0.2, 0.25) is 0 Å². The third-order valence-electron chi connectivity index (χ3n) is 10.9. The molecule has 4 rings (SSSR count). The summed E-state index contributed by atoms with van der Waals surface area (Å²) in [6.45, 7) is 7.79. The molecule has 2 nitrogen and oxygen atoms in total. The normalized spacial score (nSPS) is 45.2. The van der Waals surface area contributed by atoms with Crippen LogP contribution in [0.25, 0.3) is 0 Å². The first-order chi connectivity index (χ1) is 13.9. The number of carbonyl (C=O) groups excluding carboxylic acids is 2. The molecule has 0 aromatic carbocycles. The Morgan fingerprint density at radius 1 is 0.828 bits per heavy atom. The summed E-state index contributed by atoms with van der Waals surface area (Å²) in [4.78, 5) is 21.9. The fourth-order valence-corrected chi connectivity index (χ4v) is 9.32. The molecular weight excluding hydrogens is 356 g/mol. The Bertz CT molecular complexity index is 591. The van der Waals surface area contributed by atoms with Crippen LogP contribution >= 0.6 is 0 Å². The summed E-state index contributed by atoms with van der Waals surface area (Å²) in [5.41, 5.74) is 1.18. The highest BCUT2D eigenvalue weighted by Crippen LogP contribution is 2.68. The minimum absolute atomic E-state index is 0.379. The molecule has 0 N–H and O–H groups in total. The maximum atomic E-state index is 10.9. The summed E-state index contributed by atoms with van der Waals surface area (Å²) in [5.74, 6) is 5.14. The van der Waals surface area contributed by atoms with E-state index in [9.17, 15) is 9.59 Å². The number of hydrogen-bond acceptors (Lipinski definition) is 2. The number of aldehydes is 2. The van der Waals surface area contributed by atoms with E-state index < -0.39 is 0 Å². The molecule has 4 fully saturated rings. The van der Waals surface area contributed by atoms with Gasteiger partial charge in [0.15, 0.2) is 0 Å². The molecule has 0 saturated heterocycles. The van der Waals surface area contributed by atoms with E-state index in [4.69, 9.17) is 0 Å². The number of hydrogen-bond donors (Lipinski definition) is 0. The van der Waals surface area contributed by atoms with Gasteiger partial charge in [-0.25, -0.2) is 0 Å². The minimum Gasteiger partial charge on any atom is -0.303 e. The smallest absolute Gasteiger partial charge is 0.130 e. The van der Waals surface area contributed by atoms with Gasteiger partial charge in [-0.2, -0.15) is 0 Å². The van der Waals surface area contributed by atoms with Crippen molar-refractivity contribution in [3.05, 3.63) is 0 Å². The predicted molar refractivity (Wildman–Crippen MR) is 118 cm³/mol. The number of carbonyl (C=O) groups is 2. The van der Waals surface area contributed by atoms with E-state index in [0.29, 0.717) is 10.8 Å². The van der Waals surface area contributed by atoms with Crippen molar-refractivity contribution in [2.24, 2.45) is 52.3 Å². The molecule has 0 aromatic heterocycles. The van der Waals surface area contributed by atoms with Crippen LogP contribution in [-0.4, -0.2) is 12.6 Å². The van der Waals surface area contributed by atoms with Crippen LogP contribution in [0.1, 0.15) is 104 Å². The van der Waals surface area contributed by atoms with Crippen LogP contribution in [0.3, 0.4) is 0 Å². The average molecular weight is 401 g/mol. The zero-order valence-corrected chi connectivity index (χ0v) is 19.2. The molecule has 0 bridgehead atoms. The van der Waals surface area contributed by atoms with Crippen molar-refractivity contribution in [1.82, 2.24) is 0 Å². The second kappa shape index (κ2) is 8.46. The topological polar surface area (TPSA) is 34.1 Å². The summed E-state index contributed by atoms with van der Waals surface area (Å²) in [5, 5.41) is 0. The molecule has 0 amide bonds. The van der Waals surface area contributed by atoms with E-state index in [2.05, 4.69) is 20.8 Å². The lowest BCUT2D eigenvalue weighted by Crippen LogP contribution is -2.53. The molecule has 4 saturated carbocycles. The van der Waals surface area contributed by atoms with Gasteiger partial charge >= 0.3 is 0 Å². The molecule has 0 spiro atoms. The van der Waals surface area contributed by atoms with Gasteiger partial charge in [0.05, 0.1) is 5.92 Å². The summed E-state index contributed by atoms with van der Waals surface area (Å²) < 4.78 is 0. The highest BCUT2D eigenvalue weighted by Gasteiger charge is 2.59. The molecule has 2 heteroatoms. The summed E-state index contributed by atoms with van der Waals surface area (Å²) in [6, 6.07) is 0. The van der Waals surface area contributed by atoms with Crippen LogP contribution in [-0.2, 0) is 9.59 Å². The highest BCUT2D eigenvalue weighted by molar-refractivity contribution is 5.77. The Hall–Kier alpha value is -0.660. The first-order valence-corrected chi connectivity index (χ1v) is 12.8. The fourth-order valence-electron chi connectivity index (χ4n) is 9.32. The molecule has 8 atom stereocenters. The summed E-state index contributed by atoms with van der Waals surface area (Å²) >= 11 is 0. The van der Waals surface area contributed by atoms with Crippen molar-refractivity contribution < 1.29 is 9.59 Å². The largest absolute Gasteiger partial charge is 0.303 e. The van der Waals surface area contributed by atoms with Crippen molar-refractivity contribution in [2.75, 3.05) is 0 Å². The Balaban J connectivity index is 1.42. The van der Waals surface area contributed by atoms with Crippen LogP contribution in [0.4, 0.5) is 0 Å².